The number of ether oxygens (including phenoxy) is 2. The molecule has 3 rings (SSSR count). The van der Waals surface area contributed by atoms with Gasteiger partial charge in [0.25, 0.3) is 0 Å². The molecule has 3 N–H and O–H groups in total. The standard InChI is InChI=1S/C21H31N3O2S/c1-16-4-6-18(7-5-16)27-24-9-8-17-12-20(23-2)19(22)13-21(17,14-24)15-26-11-10-25-3/h4-7,12,23H,8-11,13-15,22H2,1-3H3. The number of nitrogens with one attached hydrogen (secondary N) is 1. The molecule has 0 saturated carbocycles. The van der Waals surface area contributed by atoms with Crippen LogP contribution in [0.3, 0.4) is 0 Å². The fourth-order valence-corrected chi connectivity index (χ4v) is 4.86. The van der Waals surface area contributed by atoms with Crippen LogP contribution in [0.25, 0.3) is 0 Å². The summed E-state index contributed by atoms with van der Waals surface area (Å²) in [6.45, 7) is 5.98. The van der Waals surface area contributed by atoms with Gasteiger partial charge in [-0.1, -0.05) is 23.3 Å². The zero-order valence-corrected chi connectivity index (χ0v) is 17.4. The van der Waals surface area contributed by atoms with E-state index in [1.165, 1.54) is 16.0 Å². The molecule has 1 aromatic rings. The number of hydrogen-bond acceptors (Lipinski definition) is 6. The van der Waals surface area contributed by atoms with Crippen LogP contribution in [0.15, 0.2) is 52.2 Å². The minimum atomic E-state index is -0.0614. The van der Waals surface area contributed by atoms with Crippen LogP contribution in [-0.2, 0) is 9.47 Å². The van der Waals surface area contributed by atoms with E-state index in [1.807, 2.05) is 19.0 Å². The maximum absolute atomic E-state index is 6.39. The lowest BCUT2D eigenvalue weighted by molar-refractivity contribution is 0.0149. The lowest BCUT2D eigenvalue weighted by Crippen LogP contribution is -2.47. The highest BCUT2D eigenvalue weighted by Crippen LogP contribution is 2.46. The lowest BCUT2D eigenvalue weighted by Gasteiger charge is -2.46. The van der Waals surface area contributed by atoms with Crippen LogP contribution in [-0.4, -0.2) is 51.4 Å². The summed E-state index contributed by atoms with van der Waals surface area (Å²) in [6.07, 6.45) is 4.10. The number of aryl methyl sites for hydroxylation is 1. The first-order valence-electron chi connectivity index (χ1n) is 9.50. The molecule has 0 amide bonds. The zero-order chi connectivity index (χ0) is 19.3. The average molecular weight is 390 g/mol. The van der Waals surface area contributed by atoms with Gasteiger partial charge in [0.2, 0.25) is 0 Å². The van der Waals surface area contributed by atoms with Gasteiger partial charge in [0.15, 0.2) is 0 Å². The van der Waals surface area contributed by atoms with Gasteiger partial charge in [-0.15, -0.1) is 0 Å². The molecule has 1 fully saturated rings. The molecule has 1 aliphatic carbocycles. The van der Waals surface area contributed by atoms with E-state index in [0.29, 0.717) is 19.8 Å². The molecule has 2 aliphatic rings. The highest BCUT2D eigenvalue weighted by molar-refractivity contribution is 7.97. The first kappa shape index (κ1) is 20.3. The molecule has 1 heterocycles. The molecule has 0 radical (unpaired) electrons. The molecule has 0 aromatic heterocycles. The lowest BCUT2D eigenvalue weighted by atomic mass is 9.70. The third-order valence-electron chi connectivity index (χ3n) is 5.32. The summed E-state index contributed by atoms with van der Waals surface area (Å²) in [7, 11) is 3.64. The van der Waals surface area contributed by atoms with Crippen LogP contribution in [0, 0.1) is 12.3 Å². The fourth-order valence-electron chi connectivity index (χ4n) is 3.81. The first-order valence-corrected chi connectivity index (χ1v) is 10.3. The predicted octanol–water partition coefficient (Wildman–Crippen LogP) is 3.08. The number of fused-ring (bicyclic) bond motifs is 1. The van der Waals surface area contributed by atoms with E-state index < -0.39 is 0 Å². The smallest absolute Gasteiger partial charge is 0.0700 e. The van der Waals surface area contributed by atoms with E-state index in [1.54, 1.807) is 7.11 Å². The summed E-state index contributed by atoms with van der Waals surface area (Å²) in [6, 6.07) is 8.73. The Labute approximate surface area is 167 Å². The Kier molecular flexibility index (Phi) is 6.87. The average Bonchev–Trinajstić information content (AvgIpc) is 2.66. The molecule has 27 heavy (non-hydrogen) atoms. The third kappa shape index (κ3) is 4.88. The normalized spacial score (nSPS) is 23.1. The van der Waals surface area contributed by atoms with Crippen molar-refractivity contribution < 1.29 is 9.47 Å². The van der Waals surface area contributed by atoms with Gasteiger partial charge in [0.1, 0.15) is 0 Å². The van der Waals surface area contributed by atoms with Crippen LogP contribution in [0.1, 0.15) is 18.4 Å². The van der Waals surface area contributed by atoms with Gasteiger partial charge in [-0.05, 0) is 43.5 Å². The molecule has 1 unspecified atom stereocenters. The van der Waals surface area contributed by atoms with Crippen LogP contribution in [0.5, 0.6) is 0 Å². The Morgan fingerprint density at radius 2 is 2.04 bits per heavy atom. The van der Waals surface area contributed by atoms with E-state index >= 15 is 0 Å². The number of rotatable bonds is 8. The molecule has 148 valence electrons. The van der Waals surface area contributed by atoms with Crippen molar-refractivity contribution in [2.75, 3.05) is 47.1 Å². The Morgan fingerprint density at radius 1 is 1.26 bits per heavy atom. The summed E-state index contributed by atoms with van der Waals surface area (Å²) < 4.78 is 13.6. The first-order chi connectivity index (χ1) is 13.1. The molecule has 0 spiro atoms. The SMILES string of the molecule is CNC1=C(N)CC2(COCCOC)CN(Sc3ccc(C)cc3)CCC2=C1. The van der Waals surface area contributed by atoms with Gasteiger partial charge in [0.05, 0.1) is 25.5 Å². The fraction of sp³-hybridized carbons (Fsp3) is 0.524. The summed E-state index contributed by atoms with van der Waals surface area (Å²) in [5, 5.41) is 3.24. The number of likely N-dealkylation sites (N-methyl/N-ethyl adjacent to an activating group) is 1. The van der Waals surface area contributed by atoms with E-state index in [0.717, 1.165) is 37.3 Å². The van der Waals surface area contributed by atoms with Crippen molar-refractivity contribution in [2.45, 2.75) is 24.7 Å². The number of allylic oxidation sites excluding steroid dienone is 2. The molecule has 5 nitrogen and oxygen atoms in total. The summed E-state index contributed by atoms with van der Waals surface area (Å²) in [4.78, 5) is 1.28. The molecule has 1 atom stereocenters. The Bertz CT molecular complexity index is 702. The zero-order valence-electron chi connectivity index (χ0n) is 16.6. The van der Waals surface area contributed by atoms with Gasteiger partial charge in [-0.2, -0.15) is 0 Å². The van der Waals surface area contributed by atoms with Crippen molar-refractivity contribution in [3.63, 3.8) is 0 Å². The number of piperidine rings is 1. The highest BCUT2D eigenvalue weighted by Gasteiger charge is 2.42. The van der Waals surface area contributed by atoms with Gasteiger partial charge in [-0.25, -0.2) is 4.31 Å². The Balaban J connectivity index is 1.75. The summed E-state index contributed by atoms with van der Waals surface area (Å²) in [5.74, 6) is 0. The Morgan fingerprint density at radius 3 is 2.74 bits per heavy atom. The second-order valence-electron chi connectivity index (χ2n) is 7.38. The highest BCUT2D eigenvalue weighted by atomic mass is 32.2. The number of hydrogen-bond donors (Lipinski definition) is 2. The van der Waals surface area contributed by atoms with Crippen molar-refractivity contribution >= 4 is 11.9 Å². The van der Waals surface area contributed by atoms with E-state index in [-0.39, 0.29) is 5.41 Å². The third-order valence-corrected chi connectivity index (χ3v) is 6.37. The van der Waals surface area contributed by atoms with Crippen LogP contribution < -0.4 is 11.1 Å². The van der Waals surface area contributed by atoms with Gasteiger partial charge >= 0.3 is 0 Å². The quantitative estimate of drug-likeness (QED) is 0.526. The maximum atomic E-state index is 6.39. The predicted molar refractivity (Wildman–Crippen MR) is 111 cm³/mol. The van der Waals surface area contributed by atoms with Gasteiger partial charge < -0.3 is 20.5 Å². The van der Waals surface area contributed by atoms with Crippen molar-refractivity contribution in [3.8, 4) is 0 Å². The van der Waals surface area contributed by atoms with Crippen LogP contribution >= 0.6 is 11.9 Å². The minimum absolute atomic E-state index is 0.0614. The number of methoxy groups -OCH3 is 1. The van der Waals surface area contributed by atoms with Gasteiger partial charge in [0, 0.05) is 49.7 Å². The van der Waals surface area contributed by atoms with Gasteiger partial charge in [-0.3, -0.25) is 0 Å². The topological polar surface area (TPSA) is 59.8 Å². The largest absolute Gasteiger partial charge is 0.400 e. The van der Waals surface area contributed by atoms with Crippen molar-refractivity contribution in [1.82, 2.24) is 9.62 Å². The molecule has 1 aliphatic heterocycles. The van der Waals surface area contributed by atoms with Crippen molar-refractivity contribution in [2.24, 2.45) is 11.1 Å². The molecule has 1 saturated heterocycles. The minimum Gasteiger partial charge on any atom is -0.400 e. The van der Waals surface area contributed by atoms with Crippen molar-refractivity contribution in [3.05, 3.63) is 52.9 Å². The molecule has 6 heteroatoms. The Hall–Kier alpha value is -1.47. The van der Waals surface area contributed by atoms with Crippen LogP contribution in [0.4, 0.5) is 0 Å². The number of nitrogens with two attached hydrogens (primary N) is 1. The number of nitrogens with zero attached hydrogens (tertiary/aromatic N) is 1. The van der Waals surface area contributed by atoms with Crippen LogP contribution in [0.2, 0.25) is 0 Å². The molecular formula is C21H31N3O2S. The van der Waals surface area contributed by atoms with E-state index in [9.17, 15) is 0 Å². The molecule has 0 bridgehead atoms. The van der Waals surface area contributed by atoms with Crippen molar-refractivity contribution in [1.29, 1.82) is 0 Å². The monoisotopic (exact) mass is 389 g/mol. The second kappa shape index (κ2) is 9.15. The molecular weight excluding hydrogens is 358 g/mol. The maximum Gasteiger partial charge on any atom is 0.0700 e. The second-order valence-corrected chi connectivity index (χ2v) is 8.55. The molecule has 1 aromatic carbocycles. The van der Waals surface area contributed by atoms with E-state index in [4.69, 9.17) is 15.2 Å². The number of benzene rings is 1. The summed E-state index contributed by atoms with van der Waals surface area (Å²) >= 11 is 1.83. The van der Waals surface area contributed by atoms with E-state index in [2.05, 4.69) is 46.9 Å². The summed E-state index contributed by atoms with van der Waals surface area (Å²) in [5.41, 5.74) is 11.0.